The Kier molecular flexibility index (Phi) is 4.56. The van der Waals surface area contributed by atoms with Gasteiger partial charge < -0.3 is 10.1 Å². The van der Waals surface area contributed by atoms with Crippen LogP contribution in [0.5, 0.6) is 5.75 Å². The molecule has 1 atom stereocenters. The van der Waals surface area contributed by atoms with Crippen LogP contribution < -0.4 is 10.1 Å². The molecule has 20 heavy (non-hydrogen) atoms. The van der Waals surface area contributed by atoms with Gasteiger partial charge in [-0.25, -0.2) is 8.78 Å². The first-order valence-corrected chi connectivity index (χ1v) is 6.43. The van der Waals surface area contributed by atoms with E-state index in [2.05, 4.69) is 5.32 Å². The molecule has 0 saturated heterocycles. The van der Waals surface area contributed by atoms with Gasteiger partial charge in [0.25, 0.3) is 0 Å². The van der Waals surface area contributed by atoms with Crippen molar-refractivity contribution in [2.45, 2.75) is 19.4 Å². The lowest BCUT2D eigenvalue weighted by Crippen LogP contribution is -2.18. The Balaban J connectivity index is 2.02. The summed E-state index contributed by atoms with van der Waals surface area (Å²) in [4.78, 5) is 0. The molecule has 0 aliphatic rings. The van der Waals surface area contributed by atoms with Gasteiger partial charge in [-0.1, -0.05) is 12.1 Å². The molecule has 0 bridgehead atoms. The maximum Gasteiger partial charge on any atom is 0.149 e. The lowest BCUT2D eigenvalue weighted by molar-refractivity contribution is 0.414. The maximum absolute atomic E-state index is 13.5. The summed E-state index contributed by atoms with van der Waals surface area (Å²) in [5.41, 5.74) is 1.40. The second kappa shape index (κ2) is 6.37. The van der Waals surface area contributed by atoms with E-state index in [1.807, 2.05) is 31.2 Å². The number of benzene rings is 2. The molecule has 0 fully saturated rings. The summed E-state index contributed by atoms with van der Waals surface area (Å²) < 4.78 is 31.5. The molecule has 0 aliphatic carbocycles. The van der Waals surface area contributed by atoms with Crippen molar-refractivity contribution in [3.05, 3.63) is 59.7 Å². The molecule has 2 rings (SSSR count). The van der Waals surface area contributed by atoms with E-state index in [4.69, 9.17) is 4.74 Å². The Morgan fingerprint density at radius 3 is 2.65 bits per heavy atom. The normalized spacial score (nSPS) is 12.0. The minimum atomic E-state index is -0.581. The Bertz CT molecular complexity index is 586. The van der Waals surface area contributed by atoms with Crippen molar-refractivity contribution < 1.29 is 13.5 Å². The van der Waals surface area contributed by atoms with Gasteiger partial charge in [0.05, 0.1) is 12.8 Å². The minimum absolute atomic E-state index is 0.0158. The summed E-state index contributed by atoms with van der Waals surface area (Å²) in [5, 5.41) is 3.04. The number of halogens is 2. The molecule has 0 aliphatic heterocycles. The van der Waals surface area contributed by atoms with Crippen LogP contribution in [0.25, 0.3) is 0 Å². The monoisotopic (exact) mass is 277 g/mol. The molecule has 0 spiro atoms. The number of methoxy groups -OCH3 is 1. The fourth-order valence-electron chi connectivity index (χ4n) is 2.08. The van der Waals surface area contributed by atoms with E-state index in [9.17, 15) is 8.78 Å². The zero-order chi connectivity index (χ0) is 14.5. The van der Waals surface area contributed by atoms with Gasteiger partial charge in [0.2, 0.25) is 0 Å². The van der Waals surface area contributed by atoms with E-state index in [-0.39, 0.29) is 6.04 Å². The first-order chi connectivity index (χ1) is 9.58. The zero-order valence-electron chi connectivity index (χ0n) is 11.5. The topological polar surface area (TPSA) is 21.3 Å². The number of hydrogen-bond donors (Lipinski definition) is 1. The molecule has 2 aromatic carbocycles. The van der Waals surface area contributed by atoms with Crippen molar-refractivity contribution >= 4 is 5.69 Å². The van der Waals surface area contributed by atoms with Gasteiger partial charge in [0.1, 0.15) is 17.4 Å². The number of ether oxygens (including phenoxy) is 1. The molecule has 2 nitrogen and oxygen atoms in total. The van der Waals surface area contributed by atoms with E-state index in [1.165, 1.54) is 12.1 Å². The molecule has 106 valence electrons. The largest absolute Gasteiger partial charge is 0.497 e. The molecule has 0 radical (unpaired) electrons. The van der Waals surface area contributed by atoms with Crippen LogP contribution in [0.2, 0.25) is 0 Å². The van der Waals surface area contributed by atoms with Gasteiger partial charge in [0.15, 0.2) is 0 Å². The second-order valence-corrected chi connectivity index (χ2v) is 4.73. The van der Waals surface area contributed by atoms with Crippen LogP contribution in [0.4, 0.5) is 14.5 Å². The molecule has 2 aromatic rings. The quantitative estimate of drug-likeness (QED) is 0.891. The summed E-state index contributed by atoms with van der Waals surface area (Å²) in [6, 6.07) is 11.3. The second-order valence-electron chi connectivity index (χ2n) is 4.73. The van der Waals surface area contributed by atoms with Crippen molar-refractivity contribution in [2.24, 2.45) is 0 Å². The van der Waals surface area contributed by atoms with E-state index in [0.29, 0.717) is 12.1 Å². The number of anilines is 1. The van der Waals surface area contributed by atoms with Crippen LogP contribution in [-0.2, 0) is 6.42 Å². The summed E-state index contributed by atoms with van der Waals surface area (Å²) in [6.07, 6.45) is 0.716. The zero-order valence-corrected chi connectivity index (χ0v) is 11.5. The predicted molar refractivity (Wildman–Crippen MR) is 76.1 cm³/mol. The van der Waals surface area contributed by atoms with Crippen LogP contribution in [-0.4, -0.2) is 13.2 Å². The van der Waals surface area contributed by atoms with E-state index < -0.39 is 11.6 Å². The van der Waals surface area contributed by atoms with Gasteiger partial charge in [-0.15, -0.1) is 0 Å². The lowest BCUT2D eigenvalue weighted by atomic mass is 10.1. The molecule has 0 heterocycles. The first-order valence-electron chi connectivity index (χ1n) is 6.43. The van der Waals surface area contributed by atoms with Gasteiger partial charge in [-0.2, -0.15) is 0 Å². The molecule has 0 amide bonds. The van der Waals surface area contributed by atoms with Crippen LogP contribution in [0, 0.1) is 11.6 Å². The summed E-state index contributed by atoms with van der Waals surface area (Å²) >= 11 is 0. The lowest BCUT2D eigenvalue weighted by Gasteiger charge is -2.16. The SMILES string of the molecule is COc1cccc(C[C@@H](C)Nc2ccc(F)cc2F)c1. The fraction of sp³-hybridized carbons (Fsp3) is 0.250. The highest BCUT2D eigenvalue weighted by Gasteiger charge is 2.08. The van der Waals surface area contributed by atoms with Crippen molar-refractivity contribution in [2.75, 3.05) is 12.4 Å². The van der Waals surface area contributed by atoms with Gasteiger partial charge in [0, 0.05) is 12.1 Å². The van der Waals surface area contributed by atoms with Crippen molar-refractivity contribution in [1.29, 1.82) is 0 Å². The smallest absolute Gasteiger partial charge is 0.149 e. The van der Waals surface area contributed by atoms with Crippen LogP contribution in [0.3, 0.4) is 0 Å². The average Bonchev–Trinajstić information content (AvgIpc) is 2.42. The Morgan fingerprint density at radius 2 is 1.95 bits per heavy atom. The standard InChI is InChI=1S/C16H17F2NO/c1-11(8-12-4-3-5-14(9-12)20-2)19-16-7-6-13(17)10-15(16)18/h3-7,9-11,19H,8H2,1-2H3/t11-/m1/s1. The van der Waals surface area contributed by atoms with Crippen LogP contribution in [0.15, 0.2) is 42.5 Å². The molecule has 1 N–H and O–H groups in total. The molecule has 4 heteroatoms. The average molecular weight is 277 g/mol. The molecule has 0 saturated carbocycles. The number of rotatable bonds is 5. The Morgan fingerprint density at radius 1 is 1.15 bits per heavy atom. The van der Waals surface area contributed by atoms with E-state index in [1.54, 1.807) is 7.11 Å². The van der Waals surface area contributed by atoms with Gasteiger partial charge in [-0.3, -0.25) is 0 Å². The molecule has 0 unspecified atom stereocenters. The Labute approximate surface area is 117 Å². The first kappa shape index (κ1) is 14.3. The fourth-order valence-corrected chi connectivity index (χ4v) is 2.08. The van der Waals surface area contributed by atoms with Crippen LogP contribution in [0.1, 0.15) is 12.5 Å². The van der Waals surface area contributed by atoms with Crippen molar-refractivity contribution in [1.82, 2.24) is 0 Å². The van der Waals surface area contributed by atoms with Crippen LogP contribution >= 0.6 is 0 Å². The number of hydrogen-bond acceptors (Lipinski definition) is 2. The third kappa shape index (κ3) is 3.70. The highest BCUT2D eigenvalue weighted by atomic mass is 19.1. The molecular formula is C16H17F2NO. The van der Waals surface area contributed by atoms with E-state index in [0.717, 1.165) is 17.4 Å². The predicted octanol–water partition coefficient (Wildman–Crippen LogP) is 4.02. The molecule has 0 aromatic heterocycles. The number of nitrogens with one attached hydrogen (secondary N) is 1. The molecular weight excluding hydrogens is 260 g/mol. The summed E-state index contributed by atoms with van der Waals surface area (Å²) in [6.45, 7) is 1.95. The van der Waals surface area contributed by atoms with E-state index >= 15 is 0 Å². The van der Waals surface area contributed by atoms with Gasteiger partial charge in [-0.05, 0) is 43.2 Å². The maximum atomic E-state index is 13.5. The summed E-state index contributed by atoms with van der Waals surface area (Å²) in [7, 11) is 1.62. The highest BCUT2D eigenvalue weighted by Crippen LogP contribution is 2.18. The summed E-state index contributed by atoms with van der Waals surface area (Å²) in [5.74, 6) is -0.362. The van der Waals surface area contributed by atoms with Gasteiger partial charge >= 0.3 is 0 Å². The third-order valence-corrected chi connectivity index (χ3v) is 3.01. The minimum Gasteiger partial charge on any atom is -0.497 e. The third-order valence-electron chi connectivity index (χ3n) is 3.01. The van der Waals surface area contributed by atoms with Crippen molar-refractivity contribution in [3.8, 4) is 5.75 Å². The van der Waals surface area contributed by atoms with Crippen molar-refractivity contribution in [3.63, 3.8) is 0 Å². The highest BCUT2D eigenvalue weighted by molar-refractivity contribution is 5.45. The Hall–Kier alpha value is -2.10.